The Kier molecular flexibility index (Phi) is 6.03. The molecule has 1 aromatic heterocycles. The number of rotatable bonds is 6. The lowest BCUT2D eigenvalue weighted by Gasteiger charge is -2.37. The molecule has 0 spiro atoms. The Bertz CT molecular complexity index is 1060. The largest absolute Gasteiger partial charge is 0.338 e. The molecule has 2 atom stereocenters. The minimum atomic E-state index is 0.0514. The smallest absolute Gasteiger partial charge is 0.253 e. The molecular formula is C26H26N2O2. The number of carbonyl (C=O) groups is 2. The SMILES string of the molecule is C=CC1CN(C(=O)c2ccccc2)CCC1CC(=O)Cc1ccnc2ccccc12. The van der Waals surface area contributed by atoms with Crippen molar-refractivity contribution in [3.05, 3.63) is 90.6 Å². The van der Waals surface area contributed by atoms with E-state index < -0.39 is 0 Å². The number of para-hydroxylation sites is 1. The van der Waals surface area contributed by atoms with Gasteiger partial charge in [-0.2, -0.15) is 0 Å². The van der Waals surface area contributed by atoms with Crippen LogP contribution in [-0.4, -0.2) is 34.7 Å². The zero-order chi connectivity index (χ0) is 20.9. The molecule has 0 bridgehead atoms. The van der Waals surface area contributed by atoms with Gasteiger partial charge in [0.1, 0.15) is 5.78 Å². The molecule has 2 aromatic carbocycles. The summed E-state index contributed by atoms with van der Waals surface area (Å²) in [4.78, 5) is 31.9. The number of carbonyl (C=O) groups excluding carboxylic acids is 2. The fourth-order valence-corrected chi connectivity index (χ4v) is 4.39. The highest BCUT2D eigenvalue weighted by molar-refractivity contribution is 5.94. The molecule has 0 N–H and O–H groups in total. The third-order valence-electron chi connectivity index (χ3n) is 6.03. The number of benzene rings is 2. The molecule has 4 heteroatoms. The Hall–Kier alpha value is -3.27. The minimum Gasteiger partial charge on any atom is -0.338 e. The zero-order valence-corrected chi connectivity index (χ0v) is 17.0. The van der Waals surface area contributed by atoms with Gasteiger partial charge in [-0.3, -0.25) is 14.6 Å². The first kappa shape index (κ1) is 20.0. The van der Waals surface area contributed by atoms with Crippen molar-refractivity contribution in [2.45, 2.75) is 19.3 Å². The van der Waals surface area contributed by atoms with Gasteiger partial charge >= 0.3 is 0 Å². The number of piperidine rings is 1. The van der Waals surface area contributed by atoms with Gasteiger partial charge in [0.15, 0.2) is 0 Å². The van der Waals surface area contributed by atoms with Crippen LogP contribution in [0.5, 0.6) is 0 Å². The first-order valence-electron chi connectivity index (χ1n) is 10.5. The second-order valence-electron chi connectivity index (χ2n) is 7.97. The van der Waals surface area contributed by atoms with E-state index in [9.17, 15) is 9.59 Å². The van der Waals surface area contributed by atoms with Crippen molar-refractivity contribution in [2.24, 2.45) is 11.8 Å². The van der Waals surface area contributed by atoms with Crippen LogP contribution in [0.4, 0.5) is 0 Å². The Morgan fingerprint density at radius 2 is 1.83 bits per heavy atom. The number of aromatic nitrogens is 1. The minimum absolute atomic E-state index is 0.0514. The van der Waals surface area contributed by atoms with Gasteiger partial charge in [0.05, 0.1) is 5.52 Å². The van der Waals surface area contributed by atoms with E-state index in [1.807, 2.05) is 71.6 Å². The molecule has 1 aliphatic rings. The summed E-state index contributed by atoms with van der Waals surface area (Å²) in [7, 11) is 0. The van der Waals surface area contributed by atoms with Crippen molar-refractivity contribution in [3.8, 4) is 0 Å². The lowest BCUT2D eigenvalue weighted by Crippen LogP contribution is -2.43. The normalized spacial score (nSPS) is 18.9. The van der Waals surface area contributed by atoms with Crippen molar-refractivity contribution in [1.82, 2.24) is 9.88 Å². The molecule has 1 fully saturated rings. The van der Waals surface area contributed by atoms with E-state index in [0.717, 1.165) is 22.9 Å². The Morgan fingerprint density at radius 3 is 2.63 bits per heavy atom. The lowest BCUT2D eigenvalue weighted by molar-refractivity contribution is -0.119. The van der Waals surface area contributed by atoms with Crippen LogP contribution < -0.4 is 0 Å². The molecule has 0 aliphatic carbocycles. The van der Waals surface area contributed by atoms with E-state index >= 15 is 0 Å². The third kappa shape index (κ3) is 4.33. The fourth-order valence-electron chi connectivity index (χ4n) is 4.39. The molecule has 1 amide bonds. The predicted octanol–water partition coefficient (Wildman–Crippen LogP) is 4.70. The maximum Gasteiger partial charge on any atom is 0.253 e. The number of ketones is 1. The zero-order valence-electron chi connectivity index (χ0n) is 17.0. The molecule has 0 radical (unpaired) electrons. The second kappa shape index (κ2) is 9.04. The monoisotopic (exact) mass is 398 g/mol. The molecule has 1 aliphatic heterocycles. The van der Waals surface area contributed by atoms with Gasteiger partial charge in [-0.25, -0.2) is 0 Å². The number of nitrogens with zero attached hydrogens (tertiary/aromatic N) is 2. The van der Waals surface area contributed by atoms with Crippen LogP contribution in [0.25, 0.3) is 10.9 Å². The summed E-state index contributed by atoms with van der Waals surface area (Å²) >= 11 is 0. The van der Waals surface area contributed by atoms with Crippen LogP contribution in [0.2, 0.25) is 0 Å². The Balaban J connectivity index is 1.40. The van der Waals surface area contributed by atoms with Crippen LogP contribution in [0.1, 0.15) is 28.8 Å². The van der Waals surface area contributed by atoms with Gasteiger partial charge in [0.2, 0.25) is 0 Å². The highest BCUT2D eigenvalue weighted by Crippen LogP contribution is 2.29. The molecule has 2 unspecified atom stereocenters. The Morgan fingerprint density at radius 1 is 1.07 bits per heavy atom. The Labute approximate surface area is 177 Å². The fraction of sp³-hybridized carbons (Fsp3) is 0.269. The lowest BCUT2D eigenvalue weighted by atomic mass is 9.81. The van der Waals surface area contributed by atoms with Crippen molar-refractivity contribution in [1.29, 1.82) is 0 Å². The summed E-state index contributed by atoms with van der Waals surface area (Å²) in [5.41, 5.74) is 2.65. The van der Waals surface area contributed by atoms with Gasteiger partial charge in [-0.1, -0.05) is 42.5 Å². The van der Waals surface area contributed by atoms with Gasteiger partial charge in [0, 0.05) is 43.1 Å². The molecule has 4 nitrogen and oxygen atoms in total. The van der Waals surface area contributed by atoms with Crippen molar-refractivity contribution < 1.29 is 9.59 Å². The molecule has 4 rings (SSSR count). The average molecular weight is 399 g/mol. The average Bonchev–Trinajstić information content (AvgIpc) is 2.79. The van der Waals surface area contributed by atoms with Gasteiger partial charge in [-0.15, -0.1) is 6.58 Å². The number of Topliss-reactive ketones (excluding diaryl/α,β-unsaturated/α-hetero) is 1. The summed E-state index contributed by atoms with van der Waals surface area (Å²) in [5, 5.41) is 1.04. The van der Waals surface area contributed by atoms with Crippen LogP contribution in [0, 0.1) is 11.8 Å². The van der Waals surface area contributed by atoms with Crippen molar-refractivity contribution in [3.63, 3.8) is 0 Å². The van der Waals surface area contributed by atoms with E-state index in [1.54, 1.807) is 6.20 Å². The van der Waals surface area contributed by atoms with Crippen LogP contribution in [0.15, 0.2) is 79.5 Å². The summed E-state index contributed by atoms with van der Waals surface area (Å²) in [6.07, 6.45) is 5.42. The number of likely N-dealkylation sites (tertiary alicyclic amines) is 1. The van der Waals surface area contributed by atoms with Crippen LogP contribution in [0.3, 0.4) is 0 Å². The summed E-state index contributed by atoms with van der Waals surface area (Å²) < 4.78 is 0. The summed E-state index contributed by atoms with van der Waals surface area (Å²) in [6.45, 7) is 5.27. The highest BCUT2D eigenvalue weighted by Gasteiger charge is 2.31. The predicted molar refractivity (Wildman–Crippen MR) is 119 cm³/mol. The molecule has 30 heavy (non-hydrogen) atoms. The van der Waals surface area contributed by atoms with Gasteiger partial charge in [0.25, 0.3) is 5.91 Å². The molecule has 3 aromatic rings. The molecule has 2 heterocycles. The van der Waals surface area contributed by atoms with E-state index in [0.29, 0.717) is 31.5 Å². The first-order chi connectivity index (χ1) is 14.7. The quantitative estimate of drug-likeness (QED) is 0.566. The third-order valence-corrected chi connectivity index (χ3v) is 6.03. The maximum atomic E-state index is 12.9. The van der Waals surface area contributed by atoms with E-state index in [-0.39, 0.29) is 23.5 Å². The number of hydrogen-bond acceptors (Lipinski definition) is 3. The summed E-state index contributed by atoms with van der Waals surface area (Å²) in [6, 6.07) is 19.2. The molecular weight excluding hydrogens is 372 g/mol. The number of pyridine rings is 1. The number of amides is 1. The number of fused-ring (bicyclic) bond motifs is 1. The van der Waals surface area contributed by atoms with Gasteiger partial charge < -0.3 is 4.90 Å². The second-order valence-corrected chi connectivity index (χ2v) is 7.97. The van der Waals surface area contributed by atoms with Crippen LogP contribution in [-0.2, 0) is 11.2 Å². The topological polar surface area (TPSA) is 50.3 Å². The van der Waals surface area contributed by atoms with Crippen molar-refractivity contribution in [2.75, 3.05) is 13.1 Å². The van der Waals surface area contributed by atoms with Gasteiger partial charge in [-0.05, 0) is 48.1 Å². The van der Waals surface area contributed by atoms with E-state index in [2.05, 4.69) is 11.6 Å². The molecule has 152 valence electrons. The van der Waals surface area contributed by atoms with Crippen molar-refractivity contribution >= 4 is 22.6 Å². The highest BCUT2D eigenvalue weighted by atomic mass is 16.2. The molecule has 1 saturated heterocycles. The maximum absolute atomic E-state index is 12.9. The summed E-state index contributed by atoms with van der Waals surface area (Å²) in [5.74, 6) is 0.633. The van der Waals surface area contributed by atoms with E-state index in [4.69, 9.17) is 0 Å². The first-order valence-corrected chi connectivity index (χ1v) is 10.5. The van der Waals surface area contributed by atoms with E-state index in [1.165, 1.54) is 0 Å². The number of hydrogen-bond donors (Lipinski definition) is 0. The van der Waals surface area contributed by atoms with Crippen LogP contribution >= 0.6 is 0 Å². The molecule has 0 saturated carbocycles. The standard InChI is InChI=1S/C26H26N2O2/c1-2-19-18-28(26(30)20-8-4-3-5-9-20)15-13-21(19)16-23(29)17-22-12-14-27-25-11-7-6-10-24(22)25/h2-12,14,19,21H,1,13,15-18H2.